The molecule has 1 aromatic heterocycles. The number of alkyl halides is 3. The van der Waals surface area contributed by atoms with Crippen LogP contribution in [0.1, 0.15) is 45.7 Å². The number of rotatable bonds is 5. The summed E-state index contributed by atoms with van der Waals surface area (Å²) in [6.07, 6.45) is -4.06. The topological polar surface area (TPSA) is 76.5 Å². The van der Waals surface area contributed by atoms with Crippen LogP contribution in [0.4, 0.5) is 19.1 Å². The lowest BCUT2D eigenvalue weighted by atomic mass is 10.1. The van der Waals surface area contributed by atoms with Crippen molar-refractivity contribution in [2.24, 2.45) is 0 Å². The van der Waals surface area contributed by atoms with Crippen LogP contribution < -0.4 is 15.7 Å². The predicted octanol–water partition coefficient (Wildman–Crippen LogP) is 4.77. The van der Waals surface area contributed by atoms with Crippen LogP contribution in [0.25, 0.3) is 0 Å². The van der Waals surface area contributed by atoms with Crippen LogP contribution in [0.2, 0.25) is 5.02 Å². The number of fused-ring (bicyclic) bond motifs is 1. The van der Waals surface area contributed by atoms with Crippen LogP contribution in [-0.4, -0.2) is 34.2 Å². The Bertz CT molecular complexity index is 1300. The molecule has 4 rings (SSSR count). The fraction of sp³-hybridized carbons (Fsp3) is 0.292. The van der Waals surface area contributed by atoms with Crippen molar-refractivity contribution < 1.29 is 22.8 Å². The van der Waals surface area contributed by atoms with Crippen LogP contribution in [0, 0.1) is 0 Å². The lowest BCUT2D eigenvalue weighted by Crippen LogP contribution is -2.42. The molecule has 12 heteroatoms. The molecule has 1 aliphatic rings. The summed E-state index contributed by atoms with van der Waals surface area (Å²) >= 11 is 5.90. The summed E-state index contributed by atoms with van der Waals surface area (Å²) in [6, 6.07) is 10.8. The molecule has 0 aliphatic carbocycles. The third-order valence-electron chi connectivity index (χ3n) is 5.84. The van der Waals surface area contributed by atoms with Gasteiger partial charge in [-0.25, -0.2) is 4.98 Å². The maximum Gasteiger partial charge on any atom is 0.416 e. The fourth-order valence-corrected chi connectivity index (χ4v) is 4.03. The zero-order valence-corrected chi connectivity index (χ0v) is 20.9. The van der Waals surface area contributed by atoms with Gasteiger partial charge in [0.05, 0.1) is 29.4 Å². The molecule has 0 bridgehead atoms. The molecule has 0 unspecified atom stereocenters. The van der Waals surface area contributed by atoms with Gasteiger partial charge in [-0.2, -0.15) is 13.2 Å². The summed E-state index contributed by atoms with van der Waals surface area (Å²) in [5.74, 6) is -0.102. The number of benzene rings is 2. The highest BCUT2D eigenvalue weighted by Gasteiger charge is 2.30. The highest BCUT2D eigenvalue weighted by atomic mass is 35.5. The first-order chi connectivity index (χ1) is 16.6. The normalized spacial score (nSPS) is 13.9. The van der Waals surface area contributed by atoms with E-state index in [9.17, 15) is 22.8 Å². The minimum atomic E-state index is -4.42. The largest absolute Gasteiger partial charge is 0.416 e. The summed E-state index contributed by atoms with van der Waals surface area (Å²) < 4.78 is 39.5. The summed E-state index contributed by atoms with van der Waals surface area (Å²) in [5.41, 5.74) is 0.702. The van der Waals surface area contributed by atoms with Gasteiger partial charge in [0.25, 0.3) is 11.5 Å². The summed E-state index contributed by atoms with van der Waals surface area (Å²) in [7, 11) is 1.31. The average Bonchev–Trinajstić information content (AvgIpc) is 2.83. The van der Waals surface area contributed by atoms with E-state index in [4.69, 9.17) is 16.4 Å². The quantitative estimate of drug-likeness (QED) is 0.502. The van der Waals surface area contributed by atoms with E-state index in [0.717, 1.165) is 16.9 Å². The molecule has 0 fully saturated rings. The van der Waals surface area contributed by atoms with E-state index < -0.39 is 23.3 Å². The van der Waals surface area contributed by atoms with Gasteiger partial charge in [-0.1, -0.05) is 23.7 Å². The van der Waals surface area contributed by atoms with Crippen molar-refractivity contribution in [3.8, 4) is 0 Å². The first-order valence-corrected chi connectivity index (χ1v) is 11.1. The van der Waals surface area contributed by atoms with Crippen LogP contribution in [0.15, 0.2) is 53.3 Å². The number of nitrogens with one attached hydrogen (secondary N) is 1. The van der Waals surface area contributed by atoms with E-state index in [0.29, 0.717) is 40.4 Å². The first kappa shape index (κ1) is 27.3. The lowest BCUT2D eigenvalue weighted by Gasteiger charge is -2.29. The number of anilines is 1. The maximum atomic E-state index is 13.2. The number of aromatic nitrogens is 2. The molecule has 2 heterocycles. The highest BCUT2D eigenvalue weighted by molar-refractivity contribution is 6.30. The smallest absolute Gasteiger partial charge is 0.411 e. The fourth-order valence-electron chi connectivity index (χ4n) is 3.91. The Balaban J connectivity index is 0.00000361. The molecule has 1 aliphatic heterocycles. The number of hydrogen-bond acceptors (Lipinski definition) is 5. The number of carbonyl (C=O) groups excluding carboxylic acids is 1. The monoisotopic (exact) mass is 542 g/mol. The number of halogens is 5. The third-order valence-corrected chi connectivity index (χ3v) is 6.09. The predicted molar refractivity (Wildman–Crippen MR) is 132 cm³/mol. The highest BCUT2D eigenvalue weighted by Crippen LogP contribution is 2.30. The SMILES string of the molecule is COn1c(N[C@@H](C)c2ccc(C(F)(F)F)cc2)nc2c(c1=O)CN(C(=O)c1ccc(Cl)cc1)CC2.Cl. The van der Waals surface area contributed by atoms with Crippen molar-refractivity contribution in [3.63, 3.8) is 0 Å². The number of amides is 1. The number of hydrogen-bond donors (Lipinski definition) is 1. The summed E-state index contributed by atoms with van der Waals surface area (Å²) in [4.78, 5) is 37.4. The summed E-state index contributed by atoms with van der Waals surface area (Å²) in [5, 5.41) is 3.56. The standard InChI is InChI=1S/C24H22ClF3N4O3.ClH/c1-14(15-3-7-17(8-4-15)24(26,27)28)29-23-30-20-11-12-31(13-19(20)22(34)32(23)35-2)21(33)16-5-9-18(25)10-6-16;/h3-10,14H,11-13H2,1-2H3,(H,29,30);1H/t14-;/m0./s1. The molecule has 0 spiro atoms. The van der Waals surface area contributed by atoms with Crippen molar-refractivity contribution >= 4 is 35.9 Å². The van der Waals surface area contributed by atoms with E-state index in [2.05, 4.69) is 10.3 Å². The third kappa shape index (κ3) is 5.60. The lowest BCUT2D eigenvalue weighted by molar-refractivity contribution is -0.137. The first-order valence-electron chi connectivity index (χ1n) is 10.8. The molecule has 192 valence electrons. The van der Waals surface area contributed by atoms with E-state index in [1.54, 1.807) is 36.1 Å². The minimum Gasteiger partial charge on any atom is -0.411 e. The average molecular weight is 543 g/mol. The van der Waals surface area contributed by atoms with Gasteiger partial charge >= 0.3 is 6.18 Å². The molecule has 7 nitrogen and oxygen atoms in total. The molecular formula is C24H23Cl2F3N4O3. The van der Waals surface area contributed by atoms with Crippen molar-refractivity contribution in [3.05, 3.63) is 91.9 Å². The molecule has 2 aromatic carbocycles. The minimum absolute atomic E-state index is 0. The van der Waals surface area contributed by atoms with Gasteiger partial charge in [0, 0.05) is 23.6 Å². The van der Waals surface area contributed by atoms with Gasteiger partial charge in [0.2, 0.25) is 5.95 Å². The molecule has 1 amide bonds. The van der Waals surface area contributed by atoms with Gasteiger partial charge < -0.3 is 15.1 Å². The second-order valence-corrected chi connectivity index (χ2v) is 8.55. The Morgan fingerprint density at radius 1 is 1.14 bits per heavy atom. The van der Waals surface area contributed by atoms with Crippen LogP contribution in [0.3, 0.4) is 0 Å². The van der Waals surface area contributed by atoms with Crippen LogP contribution >= 0.6 is 24.0 Å². The molecule has 0 saturated carbocycles. The zero-order valence-electron chi connectivity index (χ0n) is 19.3. The molecular weight excluding hydrogens is 520 g/mol. The van der Waals surface area contributed by atoms with E-state index >= 15 is 0 Å². The Morgan fingerprint density at radius 2 is 1.78 bits per heavy atom. The van der Waals surface area contributed by atoms with Gasteiger partial charge in [-0.05, 0) is 48.9 Å². The zero-order chi connectivity index (χ0) is 25.3. The Morgan fingerprint density at radius 3 is 2.36 bits per heavy atom. The van der Waals surface area contributed by atoms with Crippen molar-refractivity contribution in [1.82, 2.24) is 14.6 Å². The molecule has 0 saturated heterocycles. The van der Waals surface area contributed by atoms with Crippen LogP contribution in [0.5, 0.6) is 0 Å². The molecule has 3 aromatic rings. The Hall–Kier alpha value is -3.24. The Kier molecular flexibility index (Phi) is 8.20. The van der Waals surface area contributed by atoms with Crippen molar-refractivity contribution in [2.45, 2.75) is 32.1 Å². The molecule has 0 radical (unpaired) electrons. The van der Waals surface area contributed by atoms with Crippen LogP contribution in [-0.2, 0) is 19.1 Å². The van der Waals surface area contributed by atoms with Gasteiger partial charge in [0.1, 0.15) is 7.11 Å². The molecule has 1 N–H and O–H groups in total. The Labute approximate surface area is 216 Å². The maximum absolute atomic E-state index is 13.2. The number of carbonyl (C=O) groups is 1. The van der Waals surface area contributed by atoms with E-state index in [-0.39, 0.29) is 30.8 Å². The van der Waals surface area contributed by atoms with Gasteiger partial charge in [-0.15, -0.1) is 17.1 Å². The van der Waals surface area contributed by atoms with E-state index in [1.807, 2.05) is 0 Å². The summed E-state index contributed by atoms with van der Waals surface area (Å²) in [6.45, 7) is 2.17. The van der Waals surface area contributed by atoms with Gasteiger partial charge in [-0.3, -0.25) is 9.59 Å². The second kappa shape index (κ2) is 10.8. The van der Waals surface area contributed by atoms with E-state index in [1.165, 1.54) is 19.2 Å². The number of nitrogens with zero attached hydrogens (tertiary/aromatic N) is 3. The molecule has 36 heavy (non-hydrogen) atoms. The second-order valence-electron chi connectivity index (χ2n) is 8.11. The van der Waals surface area contributed by atoms with Crippen molar-refractivity contribution in [2.75, 3.05) is 19.0 Å². The molecule has 1 atom stereocenters. The van der Waals surface area contributed by atoms with Gasteiger partial charge in [0.15, 0.2) is 0 Å². The van der Waals surface area contributed by atoms with Crippen molar-refractivity contribution in [1.29, 1.82) is 0 Å².